The summed E-state index contributed by atoms with van der Waals surface area (Å²) < 4.78 is 11.1. The highest BCUT2D eigenvalue weighted by molar-refractivity contribution is 6.31. The van der Waals surface area contributed by atoms with Crippen molar-refractivity contribution in [2.75, 3.05) is 30.4 Å². The molecule has 0 spiro atoms. The first-order chi connectivity index (χ1) is 15.6. The van der Waals surface area contributed by atoms with Gasteiger partial charge in [0, 0.05) is 41.7 Å². The fourth-order valence-corrected chi connectivity index (χ4v) is 3.81. The van der Waals surface area contributed by atoms with E-state index < -0.39 is 0 Å². The lowest BCUT2D eigenvalue weighted by atomic mass is 10.1. The third kappa shape index (κ3) is 5.21. The Hall–Kier alpha value is -3.51. The Morgan fingerprint density at radius 3 is 2.81 bits per heavy atom. The van der Waals surface area contributed by atoms with Gasteiger partial charge in [-0.25, -0.2) is 4.98 Å². The van der Waals surface area contributed by atoms with Crippen LogP contribution in [0.1, 0.15) is 22.3 Å². The first-order valence-electron chi connectivity index (χ1n) is 10.4. The van der Waals surface area contributed by atoms with Crippen molar-refractivity contribution >= 4 is 35.0 Å². The number of pyridine rings is 1. The van der Waals surface area contributed by atoms with Crippen molar-refractivity contribution in [3.8, 4) is 5.88 Å². The number of carbonyl (C=O) groups is 1. The molecule has 1 aromatic heterocycles. The average molecular weight is 450 g/mol. The van der Waals surface area contributed by atoms with E-state index in [0.29, 0.717) is 23.0 Å². The minimum Gasteiger partial charge on any atom is -0.504 e. The molecule has 2 aromatic carbocycles. The van der Waals surface area contributed by atoms with Crippen LogP contribution in [0.2, 0.25) is 5.02 Å². The number of nitrogens with one attached hydrogen (secondary N) is 1. The number of halogens is 1. The van der Waals surface area contributed by atoms with E-state index in [1.165, 1.54) is 0 Å². The molecular formula is C25H24ClN3O3. The molecule has 1 fully saturated rings. The van der Waals surface area contributed by atoms with Gasteiger partial charge in [-0.05, 0) is 48.5 Å². The minimum atomic E-state index is -0.165. The number of amides is 1. The van der Waals surface area contributed by atoms with E-state index >= 15 is 0 Å². The molecule has 164 valence electrons. The van der Waals surface area contributed by atoms with Gasteiger partial charge in [-0.1, -0.05) is 29.8 Å². The van der Waals surface area contributed by atoms with Crippen molar-refractivity contribution in [3.63, 3.8) is 0 Å². The van der Waals surface area contributed by atoms with Crippen molar-refractivity contribution in [2.24, 2.45) is 0 Å². The molecule has 0 radical (unpaired) electrons. The van der Waals surface area contributed by atoms with Crippen molar-refractivity contribution in [3.05, 3.63) is 89.3 Å². The molecule has 1 atom stereocenters. The van der Waals surface area contributed by atoms with E-state index in [9.17, 15) is 4.79 Å². The van der Waals surface area contributed by atoms with Crippen molar-refractivity contribution in [1.82, 2.24) is 4.98 Å². The lowest BCUT2D eigenvalue weighted by Gasteiger charge is -2.22. The molecule has 1 aliphatic rings. The number of para-hydroxylation sites is 1. The van der Waals surface area contributed by atoms with E-state index in [1.54, 1.807) is 31.7 Å². The molecule has 2 heterocycles. The third-order valence-electron chi connectivity index (χ3n) is 5.19. The highest BCUT2D eigenvalue weighted by Gasteiger charge is 2.26. The topological polar surface area (TPSA) is 63.7 Å². The zero-order valence-corrected chi connectivity index (χ0v) is 18.5. The van der Waals surface area contributed by atoms with E-state index in [-0.39, 0.29) is 12.0 Å². The maximum atomic E-state index is 12.7. The maximum Gasteiger partial charge on any atom is 0.255 e. The van der Waals surface area contributed by atoms with E-state index in [4.69, 9.17) is 21.1 Å². The molecule has 7 heteroatoms. The molecule has 0 bridgehead atoms. The van der Waals surface area contributed by atoms with Crippen LogP contribution in [0.4, 0.5) is 11.4 Å². The summed E-state index contributed by atoms with van der Waals surface area (Å²) >= 11 is 6.18. The van der Waals surface area contributed by atoms with Gasteiger partial charge >= 0.3 is 0 Å². The van der Waals surface area contributed by atoms with Crippen LogP contribution in [0.3, 0.4) is 0 Å². The van der Waals surface area contributed by atoms with Gasteiger partial charge in [-0.2, -0.15) is 0 Å². The summed E-state index contributed by atoms with van der Waals surface area (Å²) in [4.78, 5) is 19.2. The van der Waals surface area contributed by atoms with Crippen LogP contribution >= 0.6 is 11.6 Å². The molecule has 0 saturated carbocycles. The van der Waals surface area contributed by atoms with Gasteiger partial charge < -0.3 is 19.7 Å². The van der Waals surface area contributed by atoms with Crippen LogP contribution in [-0.4, -0.2) is 37.2 Å². The first kappa shape index (κ1) is 21.7. The molecule has 1 aliphatic heterocycles. The molecule has 4 rings (SSSR count). The number of anilines is 2. The summed E-state index contributed by atoms with van der Waals surface area (Å²) in [5.41, 5.74) is 3.22. The molecule has 3 aromatic rings. The summed E-state index contributed by atoms with van der Waals surface area (Å²) in [6.07, 6.45) is 5.95. The lowest BCUT2D eigenvalue weighted by molar-refractivity contribution is 0.102. The normalized spacial score (nSPS) is 15.7. The third-order valence-corrected chi connectivity index (χ3v) is 5.48. The number of carbonyl (C=O) groups excluding carboxylic acids is 1. The molecule has 1 saturated heterocycles. The summed E-state index contributed by atoms with van der Waals surface area (Å²) in [5, 5.41) is 3.43. The summed E-state index contributed by atoms with van der Waals surface area (Å²) in [5.74, 6) is 0.288. The van der Waals surface area contributed by atoms with Crippen LogP contribution in [0.25, 0.3) is 6.08 Å². The monoisotopic (exact) mass is 449 g/mol. The zero-order valence-electron chi connectivity index (χ0n) is 17.7. The summed E-state index contributed by atoms with van der Waals surface area (Å²) in [6, 6.07) is 18.6. The Morgan fingerprint density at radius 1 is 1.19 bits per heavy atom. The van der Waals surface area contributed by atoms with Gasteiger partial charge in [0.05, 0.1) is 19.9 Å². The predicted octanol–water partition coefficient (Wildman–Crippen LogP) is 5.26. The first-order valence-corrected chi connectivity index (χ1v) is 10.7. The van der Waals surface area contributed by atoms with E-state index in [2.05, 4.69) is 15.2 Å². The van der Waals surface area contributed by atoms with Gasteiger partial charge in [0.15, 0.2) is 0 Å². The second-order valence-electron chi connectivity index (χ2n) is 7.40. The second kappa shape index (κ2) is 10.2. The predicted molar refractivity (Wildman–Crippen MR) is 127 cm³/mol. The second-order valence-corrected chi connectivity index (χ2v) is 7.80. The molecule has 1 N–H and O–H groups in total. The number of hydrogen-bond acceptors (Lipinski definition) is 5. The Labute approximate surface area is 192 Å². The number of aromatic nitrogens is 1. The number of ether oxygens (including phenoxy) is 2. The molecule has 1 amide bonds. The highest BCUT2D eigenvalue weighted by atomic mass is 35.5. The van der Waals surface area contributed by atoms with Gasteiger partial charge in [0.25, 0.3) is 5.91 Å². The number of hydrogen-bond donors (Lipinski definition) is 1. The molecular weight excluding hydrogens is 426 g/mol. The zero-order chi connectivity index (χ0) is 22.3. The fourth-order valence-electron chi connectivity index (χ4n) is 3.64. The van der Waals surface area contributed by atoms with Gasteiger partial charge in [0.2, 0.25) is 5.88 Å². The number of rotatable bonds is 7. The van der Waals surface area contributed by atoms with Crippen LogP contribution in [0.5, 0.6) is 5.88 Å². The quantitative estimate of drug-likeness (QED) is 0.498. The fraction of sp³-hybridized carbons (Fsp3) is 0.200. The Morgan fingerprint density at radius 2 is 2.03 bits per heavy atom. The Balaban J connectivity index is 1.51. The summed E-state index contributed by atoms with van der Waals surface area (Å²) in [7, 11) is 1.60. The number of methoxy groups -OCH3 is 1. The highest BCUT2D eigenvalue weighted by Crippen LogP contribution is 2.30. The number of nitrogens with zero attached hydrogens (tertiary/aromatic N) is 2. The van der Waals surface area contributed by atoms with Gasteiger partial charge in [-0.15, -0.1) is 0 Å². The minimum absolute atomic E-state index is 0.0253. The van der Waals surface area contributed by atoms with Crippen LogP contribution < -0.4 is 15.0 Å². The molecule has 6 nitrogen and oxygen atoms in total. The van der Waals surface area contributed by atoms with Crippen molar-refractivity contribution in [2.45, 2.75) is 12.5 Å². The molecule has 0 aliphatic carbocycles. The SMILES string of the molecule is CO/C=C\c1cc(C(=O)Nc2ccccc2)ccc1N1CC[C@H](Oc2ncccc2Cl)C1. The number of benzene rings is 2. The smallest absolute Gasteiger partial charge is 0.255 e. The maximum absolute atomic E-state index is 12.7. The standard InChI is InChI=1S/C25H24ClN3O3/c1-31-15-12-18-16-19(24(30)28-20-6-3-2-4-7-20)9-10-23(18)29-14-11-21(17-29)32-25-22(26)8-5-13-27-25/h2-10,12-13,15-16,21H,11,14,17H2,1H3,(H,28,30)/b15-12-/t21-/m0/s1. The van der Waals surface area contributed by atoms with Gasteiger partial charge in [0.1, 0.15) is 11.1 Å². The largest absolute Gasteiger partial charge is 0.504 e. The van der Waals surface area contributed by atoms with Crippen LogP contribution in [0, 0.1) is 0 Å². The van der Waals surface area contributed by atoms with Crippen molar-refractivity contribution in [1.29, 1.82) is 0 Å². The summed E-state index contributed by atoms with van der Waals surface area (Å²) in [6.45, 7) is 1.51. The Kier molecular flexibility index (Phi) is 6.92. The lowest BCUT2D eigenvalue weighted by Crippen LogP contribution is -2.25. The van der Waals surface area contributed by atoms with E-state index in [1.807, 2.05) is 54.6 Å². The van der Waals surface area contributed by atoms with Crippen LogP contribution in [0.15, 0.2) is 73.1 Å². The average Bonchev–Trinajstić information content (AvgIpc) is 3.28. The molecule has 0 unspecified atom stereocenters. The Bertz CT molecular complexity index is 1100. The van der Waals surface area contributed by atoms with Crippen molar-refractivity contribution < 1.29 is 14.3 Å². The van der Waals surface area contributed by atoms with Crippen LogP contribution in [-0.2, 0) is 4.74 Å². The molecule has 32 heavy (non-hydrogen) atoms. The van der Waals surface area contributed by atoms with Gasteiger partial charge in [-0.3, -0.25) is 4.79 Å². The van der Waals surface area contributed by atoms with E-state index in [0.717, 1.165) is 29.9 Å².